The van der Waals surface area contributed by atoms with Gasteiger partial charge >= 0.3 is 6.03 Å². The Bertz CT molecular complexity index is 715. The third kappa shape index (κ3) is 3.63. The molecule has 0 saturated carbocycles. The molecule has 1 heterocycles. The van der Waals surface area contributed by atoms with Gasteiger partial charge in [-0.2, -0.15) is 0 Å². The summed E-state index contributed by atoms with van der Waals surface area (Å²) in [5.41, 5.74) is 4.09. The number of benzene rings is 2. The first kappa shape index (κ1) is 15.4. The maximum absolute atomic E-state index is 12.3. The van der Waals surface area contributed by atoms with Crippen molar-refractivity contribution in [1.29, 1.82) is 0 Å². The van der Waals surface area contributed by atoms with Crippen LogP contribution in [0.15, 0.2) is 42.5 Å². The highest BCUT2D eigenvalue weighted by Crippen LogP contribution is 2.26. The number of hydrogen-bond donors (Lipinski definition) is 2. The summed E-state index contributed by atoms with van der Waals surface area (Å²) in [4.78, 5) is 14.5. The SMILES string of the molecule is COc1cccc(NC(=O)Nc2cccc3c2CCN(C)C3)c1. The number of likely N-dealkylation sites (N-methyl/N-ethyl adjacent to an activating group) is 1. The second kappa shape index (κ2) is 6.71. The van der Waals surface area contributed by atoms with Crippen molar-refractivity contribution >= 4 is 17.4 Å². The van der Waals surface area contributed by atoms with Gasteiger partial charge in [-0.15, -0.1) is 0 Å². The van der Waals surface area contributed by atoms with Gasteiger partial charge in [0.25, 0.3) is 0 Å². The Morgan fingerprint density at radius 1 is 1.17 bits per heavy atom. The topological polar surface area (TPSA) is 53.6 Å². The zero-order valence-corrected chi connectivity index (χ0v) is 13.4. The minimum absolute atomic E-state index is 0.245. The molecule has 0 atom stereocenters. The molecule has 0 fully saturated rings. The molecule has 2 amide bonds. The molecule has 0 spiro atoms. The number of anilines is 2. The molecular formula is C18H21N3O2. The van der Waals surface area contributed by atoms with E-state index in [1.165, 1.54) is 11.1 Å². The number of ether oxygens (including phenoxy) is 1. The van der Waals surface area contributed by atoms with Crippen LogP contribution in [0.1, 0.15) is 11.1 Å². The van der Waals surface area contributed by atoms with E-state index >= 15 is 0 Å². The lowest BCUT2D eigenvalue weighted by Gasteiger charge is -2.26. The van der Waals surface area contributed by atoms with Crippen molar-refractivity contribution in [3.8, 4) is 5.75 Å². The second-order valence-electron chi connectivity index (χ2n) is 5.74. The molecule has 1 aliphatic heterocycles. The lowest BCUT2D eigenvalue weighted by molar-refractivity contribution is 0.262. The van der Waals surface area contributed by atoms with E-state index in [2.05, 4.69) is 28.6 Å². The van der Waals surface area contributed by atoms with Crippen LogP contribution >= 0.6 is 0 Å². The van der Waals surface area contributed by atoms with Crippen LogP contribution in [0.25, 0.3) is 0 Å². The Hall–Kier alpha value is -2.53. The fourth-order valence-electron chi connectivity index (χ4n) is 2.85. The molecule has 120 valence electrons. The predicted molar refractivity (Wildman–Crippen MR) is 92.1 cm³/mol. The predicted octanol–water partition coefficient (Wildman–Crippen LogP) is 3.33. The van der Waals surface area contributed by atoms with Crippen molar-refractivity contribution in [1.82, 2.24) is 4.90 Å². The van der Waals surface area contributed by atoms with Crippen molar-refractivity contribution in [2.75, 3.05) is 31.3 Å². The highest BCUT2D eigenvalue weighted by atomic mass is 16.5. The van der Waals surface area contributed by atoms with Gasteiger partial charge in [-0.3, -0.25) is 0 Å². The van der Waals surface area contributed by atoms with E-state index in [1.54, 1.807) is 13.2 Å². The number of urea groups is 1. The lowest BCUT2D eigenvalue weighted by atomic mass is 9.98. The van der Waals surface area contributed by atoms with Crippen LogP contribution in [0, 0.1) is 0 Å². The molecular weight excluding hydrogens is 290 g/mol. The van der Waals surface area contributed by atoms with Gasteiger partial charge in [-0.25, -0.2) is 4.79 Å². The van der Waals surface area contributed by atoms with Crippen LogP contribution < -0.4 is 15.4 Å². The van der Waals surface area contributed by atoms with E-state index in [-0.39, 0.29) is 6.03 Å². The van der Waals surface area contributed by atoms with Gasteiger partial charge in [0, 0.05) is 30.5 Å². The summed E-state index contributed by atoms with van der Waals surface area (Å²) >= 11 is 0. The standard InChI is InChI=1S/C18H21N3O2/c1-21-10-9-16-13(12-21)5-3-8-17(16)20-18(22)19-14-6-4-7-15(11-14)23-2/h3-8,11H,9-10,12H2,1-2H3,(H2,19,20,22). The van der Waals surface area contributed by atoms with E-state index in [4.69, 9.17) is 4.74 Å². The lowest BCUT2D eigenvalue weighted by Crippen LogP contribution is -2.28. The number of carbonyl (C=O) groups is 1. The van der Waals surface area contributed by atoms with E-state index < -0.39 is 0 Å². The maximum atomic E-state index is 12.3. The average Bonchev–Trinajstić information content (AvgIpc) is 2.55. The average molecular weight is 311 g/mol. The van der Waals surface area contributed by atoms with Gasteiger partial charge in [-0.05, 0) is 42.8 Å². The van der Waals surface area contributed by atoms with Crippen LogP contribution in [0.4, 0.5) is 16.2 Å². The Labute approximate surface area is 136 Å². The van der Waals surface area contributed by atoms with Crippen LogP contribution in [-0.4, -0.2) is 31.6 Å². The molecule has 5 heteroatoms. The number of methoxy groups -OCH3 is 1. The summed E-state index contributed by atoms with van der Waals surface area (Å²) < 4.78 is 5.16. The van der Waals surface area contributed by atoms with Gasteiger partial charge in [0.2, 0.25) is 0 Å². The summed E-state index contributed by atoms with van der Waals surface area (Å²) in [6.07, 6.45) is 0.946. The third-order valence-corrected chi connectivity index (χ3v) is 4.03. The second-order valence-corrected chi connectivity index (χ2v) is 5.74. The molecule has 0 saturated heterocycles. The van der Waals surface area contributed by atoms with Crippen LogP contribution in [0.2, 0.25) is 0 Å². The first-order valence-electron chi connectivity index (χ1n) is 7.67. The van der Waals surface area contributed by atoms with E-state index in [9.17, 15) is 4.79 Å². The van der Waals surface area contributed by atoms with E-state index in [1.807, 2.05) is 30.3 Å². The van der Waals surface area contributed by atoms with Gasteiger partial charge < -0.3 is 20.3 Å². The third-order valence-electron chi connectivity index (χ3n) is 4.03. The number of fused-ring (bicyclic) bond motifs is 1. The number of nitrogens with one attached hydrogen (secondary N) is 2. The first-order valence-corrected chi connectivity index (χ1v) is 7.67. The largest absolute Gasteiger partial charge is 0.497 e. The smallest absolute Gasteiger partial charge is 0.323 e. The van der Waals surface area contributed by atoms with Crippen LogP contribution in [0.3, 0.4) is 0 Å². The first-order chi connectivity index (χ1) is 11.2. The molecule has 23 heavy (non-hydrogen) atoms. The zero-order chi connectivity index (χ0) is 16.2. The van der Waals surface area contributed by atoms with Gasteiger partial charge in [0.1, 0.15) is 5.75 Å². The Balaban J connectivity index is 1.72. The summed E-state index contributed by atoms with van der Waals surface area (Å²) in [7, 11) is 3.71. The minimum atomic E-state index is -0.245. The number of rotatable bonds is 3. The molecule has 1 aliphatic rings. The van der Waals surface area contributed by atoms with Gasteiger partial charge in [-0.1, -0.05) is 18.2 Å². The molecule has 5 nitrogen and oxygen atoms in total. The van der Waals surface area contributed by atoms with Crippen molar-refractivity contribution < 1.29 is 9.53 Å². The molecule has 2 N–H and O–H groups in total. The normalized spacial score (nSPS) is 14.0. The van der Waals surface area contributed by atoms with E-state index in [0.717, 1.165) is 25.2 Å². The molecule has 2 aromatic carbocycles. The number of carbonyl (C=O) groups excluding carboxylic acids is 1. The number of amides is 2. The van der Waals surface area contributed by atoms with Crippen molar-refractivity contribution in [3.63, 3.8) is 0 Å². The van der Waals surface area contributed by atoms with Crippen LogP contribution in [-0.2, 0) is 13.0 Å². The van der Waals surface area contributed by atoms with Crippen molar-refractivity contribution in [2.24, 2.45) is 0 Å². The summed E-state index contributed by atoms with van der Waals surface area (Å²) in [6, 6.07) is 13.1. The summed E-state index contributed by atoms with van der Waals surface area (Å²) in [5, 5.41) is 5.80. The fourth-order valence-corrected chi connectivity index (χ4v) is 2.85. The zero-order valence-electron chi connectivity index (χ0n) is 13.4. The van der Waals surface area contributed by atoms with E-state index in [0.29, 0.717) is 11.4 Å². The summed E-state index contributed by atoms with van der Waals surface area (Å²) in [5.74, 6) is 0.711. The Kier molecular flexibility index (Phi) is 4.48. The Morgan fingerprint density at radius 3 is 2.83 bits per heavy atom. The van der Waals surface area contributed by atoms with Crippen molar-refractivity contribution in [2.45, 2.75) is 13.0 Å². The van der Waals surface area contributed by atoms with Crippen LogP contribution in [0.5, 0.6) is 5.75 Å². The highest BCUT2D eigenvalue weighted by Gasteiger charge is 2.17. The van der Waals surface area contributed by atoms with Gasteiger partial charge in [0.15, 0.2) is 0 Å². The molecule has 0 unspecified atom stereocenters. The molecule has 0 aliphatic carbocycles. The molecule has 2 aromatic rings. The Morgan fingerprint density at radius 2 is 2.00 bits per heavy atom. The fraction of sp³-hybridized carbons (Fsp3) is 0.278. The number of hydrogen-bond acceptors (Lipinski definition) is 3. The molecule has 3 rings (SSSR count). The maximum Gasteiger partial charge on any atom is 0.323 e. The molecule has 0 radical (unpaired) electrons. The molecule has 0 aromatic heterocycles. The summed E-state index contributed by atoms with van der Waals surface area (Å²) in [6.45, 7) is 1.92. The van der Waals surface area contributed by atoms with Gasteiger partial charge in [0.05, 0.1) is 7.11 Å². The van der Waals surface area contributed by atoms with Crippen molar-refractivity contribution in [3.05, 3.63) is 53.6 Å². The monoisotopic (exact) mass is 311 g/mol. The highest BCUT2D eigenvalue weighted by molar-refractivity contribution is 6.00. The minimum Gasteiger partial charge on any atom is -0.497 e. The number of nitrogens with zero attached hydrogens (tertiary/aromatic N) is 1. The molecule has 0 bridgehead atoms. The quantitative estimate of drug-likeness (QED) is 0.914.